The Bertz CT molecular complexity index is 893. The molecular formula is C23H26N2O2S. The number of nitrogens with one attached hydrogen (secondary N) is 1. The minimum absolute atomic E-state index is 0.0229. The van der Waals surface area contributed by atoms with Gasteiger partial charge in [0.1, 0.15) is 5.75 Å². The van der Waals surface area contributed by atoms with Crippen molar-refractivity contribution < 1.29 is 9.53 Å². The van der Waals surface area contributed by atoms with Gasteiger partial charge in [0, 0.05) is 30.1 Å². The summed E-state index contributed by atoms with van der Waals surface area (Å²) >= 11 is 1.71. The lowest BCUT2D eigenvalue weighted by atomic mass is 10.1. The number of carbonyl (C=O) groups excluding carboxylic acids is 1. The number of para-hydroxylation sites is 1. The van der Waals surface area contributed by atoms with Crippen LogP contribution in [0.15, 0.2) is 66.0 Å². The van der Waals surface area contributed by atoms with Crippen molar-refractivity contribution in [2.45, 2.75) is 26.6 Å². The molecule has 28 heavy (non-hydrogen) atoms. The smallest absolute Gasteiger partial charge is 0.234 e. The second-order valence-electron chi connectivity index (χ2n) is 6.74. The van der Waals surface area contributed by atoms with E-state index in [2.05, 4.69) is 34.7 Å². The highest BCUT2D eigenvalue weighted by Crippen LogP contribution is 2.21. The van der Waals surface area contributed by atoms with Crippen molar-refractivity contribution in [3.8, 4) is 5.75 Å². The lowest BCUT2D eigenvalue weighted by Crippen LogP contribution is -2.36. The van der Waals surface area contributed by atoms with Gasteiger partial charge in [-0.2, -0.15) is 0 Å². The van der Waals surface area contributed by atoms with E-state index in [1.807, 2.05) is 48.5 Å². The van der Waals surface area contributed by atoms with Crippen LogP contribution < -0.4 is 10.1 Å². The molecule has 4 nitrogen and oxygen atoms in total. The fourth-order valence-corrected chi connectivity index (χ4v) is 3.87. The quantitative estimate of drug-likeness (QED) is 0.585. The number of benzene rings is 2. The molecule has 0 spiro atoms. The zero-order valence-electron chi connectivity index (χ0n) is 16.4. The van der Waals surface area contributed by atoms with Crippen molar-refractivity contribution in [1.29, 1.82) is 0 Å². The molecule has 0 aliphatic carbocycles. The molecule has 1 N–H and O–H groups in total. The molecular weight excluding hydrogens is 368 g/mol. The largest absolute Gasteiger partial charge is 0.496 e. The number of methoxy groups -OCH3 is 1. The monoisotopic (exact) mass is 394 g/mol. The molecule has 1 heterocycles. The second-order valence-corrected chi connectivity index (χ2v) is 7.77. The van der Waals surface area contributed by atoms with Crippen molar-refractivity contribution >= 4 is 17.2 Å². The number of hydrogen-bond donors (Lipinski definition) is 1. The highest BCUT2D eigenvalue weighted by atomic mass is 32.1. The summed E-state index contributed by atoms with van der Waals surface area (Å²) in [5.74, 6) is 0.869. The van der Waals surface area contributed by atoms with Gasteiger partial charge in [0.15, 0.2) is 0 Å². The van der Waals surface area contributed by atoms with Gasteiger partial charge in [-0.15, -0.1) is 11.3 Å². The molecule has 0 aliphatic heterocycles. The molecule has 0 unspecified atom stereocenters. The van der Waals surface area contributed by atoms with Crippen molar-refractivity contribution in [2.24, 2.45) is 0 Å². The number of ether oxygens (including phenoxy) is 1. The van der Waals surface area contributed by atoms with E-state index < -0.39 is 0 Å². The number of nitrogens with zero attached hydrogens (tertiary/aromatic N) is 1. The van der Waals surface area contributed by atoms with Crippen molar-refractivity contribution in [3.05, 3.63) is 87.6 Å². The fraction of sp³-hybridized carbons (Fsp3) is 0.261. The van der Waals surface area contributed by atoms with Crippen molar-refractivity contribution in [1.82, 2.24) is 10.2 Å². The van der Waals surface area contributed by atoms with Gasteiger partial charge in [-0.05, 0) is 35.6 Å². The van der Waals surface area contributed by atoms with Crippen LogP contribution in [0.1, 0.15) is 21.6 Å². The predicted molar refractivity (Wildman–Crippen MR) is 114 cm³/mol. The first-order valence-corrected chi connectivity index (χ1v) is 10.2. The molecule has 146 valence electrons. The van der Waals surface area contributed by atoms with E-state index >= 15 is 0 Å². The highest BCUT2D eigenvalue weighted by molar-refractivity contribution is 7.09. The average Bonchev–Trinajstić information content (AvgIpc) is 3.21. The molecule has 1 aromatic heterocycles. The number of hydrogen-bond acceptors (Lipinski definition) is 4. The van der Waals surface area contributed by atoms with Crippen LogP contribution in [0.5, 0.6) is 5.75 Å². The minimum atomic E-state index is 0.0229. The standard InChI is InChI=1S/C23H26N2O2S/c1-18-8-3-4-9-19(18)14-24-23(26)17-25(16-21-11-7-13-28-21)15-20-10-5-6-12-22(20)27-2/h3-13H,14-17H2,1-2H3,(H,24,26). The average molecular weight is 395 g/mol. The van der Waals surface area contributed by atoms with Gasteiger partial charge in [-0.1, -0.05) is 48.5 Å². The van der Waals surface area contributed by atoms with Gasteiger partial charge in [-0.25, -0.2) is 0 Å². The summed E-state index contributed by atoms with van der Waals surface area (Å²) in [5, 5.41) is 5.12. The lowest BCUT2D eigenvalue weighted by Gasteiger charge is -2.22. The summed E-state index contributed by atoms with van der Waals surface area (Å²) in [6.07, 6.45) is 0. The summed E-state index contributed by atoms with van der Waals surface area (Å²) < 4.78 is 5.48. The van der Waals surface area contributed by atoms with Crippen LogP contribution in [-0.2, 0) is 24.4 Å². The zero-order chi connectivity index (χ0) is 19.8. The van der Waals surface area contributed by atoms with Crippen LogP contribution in [0.2, 0.25) is 0 Å². The predicted octanol–water partition coefficient (Wildman–Crippen LogP) is 4.38. The van der Waals surface area contributed by atoms with Gasteiger partial charge in [0.2, 0.25) is 5.91 Å². The van der Waals surface area contributed by atoms with E-state index in [1.54, 1.807) is 18.4 Å². The molecule has 1 amide bonds. The van der Waals surface area contributed by atoms with Crippen LogP contribution in [0, 0.1) is 6.92 Å². The number of aryl methyl sites for hydroxylation is 1. The Balaban J connectivity index is 1.66. The molecule has 0 bridgehead atoms. The van der Waals surface area contributed by atoms with Crippen LogP contribution >= 0.6 is 11.3 Å². The Morgan fingerprint density at radius 2 is 1.75 bits per heavy atom. The van der Waals surface area contributed by atoms with Gasteiger partial charge in [0.25, 0.3) is 0 Å². The summed E-state index contributed by atoms with van der Waals surface area (Å²) in [6, 6.07) is 20.2. The molecule has 2 aromatic carbocycles. The first-order chi connectivity index (χ1) is 13.7. The van der Waals surface area contributed by atoms with E-state index in [1.165, 1.54) is 10.4 Å². The highest BCUT2D eigenvalue weighted by Gasteiger charge is 2.15. The Labute approximate surface area is 170 Å². The van der Waals surface area contributed by atoms with E-state index in [0.717, 1.165) is 23.4 Å². The van der Waals surface area contributed by atoms with E-state index in [4.69, 9.17) is 4.74 Å². The minimum Gasteiger partial charge on any atom is -0.496 e. The molecule has 3 rings (SSSR count). The first kappa shape index (κ1) is 20.1. The maximum absolute atomic E-state index is 12.6. The topological polar surface area (TPSA) is 41.6 Å². The van der Waals surface area contributed by atoms with E-state index in [0.29, 0.717) is 19.6 Å². The Hall–Kier alpha value is -2.63. The Morgan fingerprint density at radius 3 is 2.46 bits per heavy atom. The number of thiophene rings is 1. The van der Waals surface area contributed by atoms with Crippen LogP contribution in [0.3, 0.4) is 0 Å². The summed E-state index contributed by atoms with van der Waals surface area (Å²) in [5.41, 5.74) is 3.41. The molecule has 0 atom stereocenters. The number of amides is 1. The first-order valence-electron chi connectivity index (χ1n) is 9.33. The van der Waals surface area contributed by atoms with Gasteiger partial charge in [0.05, 0.1) is 13.7 Å². The maximum atomic E-state index is 12.6. The van der Waals surface area contributed by atoms with Crippen molar-refractivity contribution in [2.75, 3.05) is 13.7 Å². The number of rotatable bonds is 9. The van der Waals surface area contributed by atoms with E-state index in [9.17, 15) is 4.79 Å². The molecule has 0 aliphatic rings. The fourth-order valence-electron chi connectivity index (χ4n) is 3.13. The Morgan fingerprint density at radius 1 is 1.00 bits per heavy atom. The normalized spacial score (nSPS) is 10.8. The van der Waals surface area contributed by atoms with Crippen LogP contribution in [0.25, 0.3) is 0 Å². The van der Waals surface area contributed by atoms with Gasteiger partial charge in [-0.3, -0.25) is 9.69 Å². The molecule has 0 saturated heterocycles. The molecule has 0 saturated carbocycles. The maximum Gasteiger partial charge on any atom is 0.234 e. The van der Waals surface area contributed by atoms with Gasteiger partial charge < -0.3 is 10.1 Å². The lowest BCUT2D eigenvalue weighted by molar-refractivity contribution is -0.122. The number of carbonyl (C=O) groups is 1. The van der Waals surface area contributed by atoms with Crippen LogP contribution in [-0.4, -0.2) is 24.5 Å². The van der Waals surface area contributed by atoms with Gasteiger partial charge >= 0.3 is 0 Å². The Kier molecular flexibility index (Phi) is 7.23. The van der Waals surface area contributed by atoms with Crippen molar-refractivity contribution in [3.63, 3.8) is 0 Å². The zero-order valence-corrected chi connectivity index (χ0v) is 17.2. The molecule has 5 heteroatoms. The third-order valence-electron chi connectivity index (χ3n) is 4.65. The molecule has 3 aromatic rings. The summed E-state index contributed by atoms with van der Waals surface area (Å²) in [6.45, 7) is 4.33. The van der Waals surface area contributed by atoms with E-state index in [-0.39, 0.29) is 5.91 Å². The summed E-state index contributed by atoms with van der Waals surface area (Å²) in [4.78, 5) is 16.0. The molecule has 0 fully saturated rings. The molecule has 0 radical (unpaired) electrons. The SMILES string of the molecule is COc1ccccc1CN(CC(=O)NCc1ccccc1C)Cc1cccs1. The van der Waals surface area contributed by atoms with Crippen LogP contribution in [0.4, 0.5) is 0 Å². The third kappa shape index (κ3) is 5.68. The second kappa shape index (κ2) is 10.1. The third-order valence-corrected chi connectivity index (χ3v) is 5.51. The summed E-state index contributed by atoms with van der Waals surface area (Å²) in [7, 11) is 1.68.